The Hall–Kier alpha value is -3.97. The van der Waals surface area contributed by atoms with Crippen LogP contribution in [0.2, 0.25) is 5.02 Å². The Bertz CT molecular complexity index is 1350. The first-order valence-electron chi connectivity index (χ1n) is 12.7. The molecule has 1 N–H and O–H groups in total. The van der Waals surface area contributed by atoms with E-state index >= 15 is 0 Å². The van der Waals surface area contributed by atoms with Crippen LogP contribution in [0.15, 0.2) is 78.9 Å². The zero-order chi connectivity index (χ0) is 26.6. The van der Waals surface area contributed by atoms with Crippen molar-refractivity contribution in [3.63, 3.8) is 0 Å². The van der Waals surface area contributed by atoms with Gasteiger partial charge in [0.2, 0.25) is 17.7 Å². The Balaban J connectivity index is 1.19. The lowest BCUT2D eigenvalue weighted by Crippen LogP contribution is -2.44. The number of anilines is 2. The Labute approximate surface area is 226 Å². The van der Waals surface area contributed by atoms with Crippen molar-refractivity contribution in [3.8, 4) is 0 Å². The lowest BCUT2D eigenvalue weighted by molar-refractivity contribution is -0.138. The lowest BCUT2D eigenvalue weighted by atomic mass is 9.94. The van der Waals surface area contributed by atoms with E-state index in [4.69, 9.17) is 11.6 Å². The highest BCUT2D eigenvalue weighted by Gasteiger charge is 2.38. The van der Waals surface area contributed by atoms with Crippen LogP contribution in [-0.4, -0.2) is 48.0 Å². The average Bonchev–Trinajstić information content (AvgIpc) is 3.35. The van der Waals surface area contributed by atoms with Crippen LogP contribution in [0.3, 0.4) is 0 Å². The highest BCUT2D eigenvalue weighted by atomic mass is 35.5. The van der Waals surface area contributed by atoms with Gasteiger partial charge in [-0.05, 0) is 43.2 Å². The predicted octanol–water partition coefficient (Wildman–Crippen LogP) is 4.80. The maximum atomic E-state index is 13.2. The number of nitrogens with one attached hydrogen (secondary N) is 1. The van der Waals surface area contributed by atoms with Crippen LogP contribution in [0, 0.1) is 11.8 Å². The minimum absolute atomic E-state index is 0.0379. The van der Waals surface area contributed by atoms with Gasteiger partial charge in [0.15, 0.2) is 5.78 Å². The Morgan fingerprint density at radius 2 is 1.50 bits per heavy atom. The van der Waals surface area contributed by atoms with Gasteiger partial charge in [-0.15, -0.1) is 0 Å². The van der Waals surface area contributed by atoms with E-state index in [1.54, 1.807) is 52.3 Å². The second-order valence-electron chi connectivity index (χ2n) is 9.71. The molecule has 0 aliphatic carbocycles. The van der Waals surface area contributed by atoms with Gasteiger partial charge in [0.05, 0.1) is 11.6 Å². The van der Waals surface area contributed by atoms with Crippen LogP contribution >= 0.6 is 11.6 Å². The molecule has 2 aliphatic rings. The number of halogens is 1. The zero-order valence-electron chi connectivity index (χ0n) is 20.8. The van der Waals surface area contributed by atoms with Gasteiger partial charge in [-0.3, -0.25) is 19.2 Å². The first kappa shape index (κ1) is 25.7. The van der Waals surface area contributed by atoms with E-state index in [9.17, 15) is 19.2 Å². The first-order chi connectivity index (χ1) is 18.4. The topological polar surface area (TPSA) is 86.8 Å². The third-order valence-corrected chi connectivity index (χ3v) is 7.47. The molecule has 38 heavy (non-hydrogen) atoms. The summed E-state index contributed by atoms with van der Waals surface area (Å²) >= 11 is 6.16. The monoisotopic (exact) mass is 529 g/mol. The van der Waals surface area contributed by atoms with Crippen LogP contribution in [0.4, 0.5) is 11.4 Å². The molecule has 2 fully saturated rings. The van der Waals surface area contributed by atoms with Crippen molar-refractivity contribution < 1.29 is 19.2 Å². The van der Waals surface area contributed by atoms with Crippen molar-refractivity contribution >= 4 is 46.5 Å². The minimum atomic E-state index is -0.381. The number of carbonyl (C=O) groups is 4. The van der Waals surface area contributed by atoms with E-state index in [1.807, 2.05) is 36.4 Å². The Kier molecular flexibility index (Phi) is 7.56. The second kappa shape index (κ2) is 11.2. The fourth-order valence-corrected chi connectivity index (χ4v) is 5.32. The molecule has 0 aromatic heterocycles. The summed E-state index contributed by atoms with van der Waals surface area (Å²) in [6.07, 6.45) is 1.22. The van der Waals surface area contributed by atoms with E-state index in [0.717, 1.165) is 5.69 Å². The summed E-state index contributed by atoms with van der Waals surface area (Å²) in [5, 5.41) is 3.32. The summed E-state index contributed by atoms with van der Waals surface area (Å²) in [5.41, 5.74) is 2.06. The van der Waals surface area contributed by atoms with Crippen LogP contribution < -0.4 is 10.2 Å². The van der Waals surface area contributed by atoms with Crippen LogP contribution in [0.1, 0.15) is 35.2 Å². The largest absolute Gasteiger partial charge is 0.342 e. The zero-order valence-corrected chi connectivity index (χ0v) is 21.6. The number of carbonyl (C=O) groups excluding carboxylic acids is 4. The predicted molar refractivity (Wildman–Crippen MR) is 146 cm³/mol. The van der Waals surface area contributed by atoms with Crippen molar-refractivity contribution in [1.29, 1.82) is 0 Å². The maximum Gasteiger partial charge on any atom is 0.228 e. The molecule has 3 aromatic rings. The van der Waals surface area contributed by atoms with Gasteiger partial charge >= 0.3 is 0 Å². The molecule has 0 spiro atoms. The highest BCUT2D eigenvalue weighted by molar-refractivity contribution is 6.31. The van der Waals surface area contributed by atoms with Gasteiger partial charge in [0.1, 0.15) is 0 Å². The Morgan fingerprint density at radius 3 is 2.18 bits per heavy atom. The van der Waals surface area contributed by atoms with Gasteiger partial charge in [-0.2, -0.15) is 0 Å². The molecule has 5 rings (SSSR count). The van der Waals surface area contributed by atoms with Crippen molar-refractivity contribution in [3.05, 3.63) is 95.0 Å². The van der Waals surface area contributed by atoms with Gasteiger partial charge in [-0.25, -0.2) is 0 Å². The molecule has 0 bridgehead atoms. The number of benzene rings is 3. The third-order valence-electron chi connectivity index (χ3n) is 7.24. The van der Waals surface area contributed by atoms with E-state index in [-0.39, 0.29) is 41.8 Å². The van der Waals surface area contributed by atoms with Gasteiger partial charge < -0.3 is 15.1 Å². The number of piperidine rings is 1. The van der Waals surface area contributed by atoms with Crippen molar-refractivity contribution in [1.82, 2.24) is 4.90 Å². The van der Waals surface area contributed by atoms with E-state index in [0.29, 0.717) is 54.3 Å². The number of amides is 3. The summed E-state index contributed by atoms with van der Waals surface area (Å²) in [6.45, 7) is 1.27. The summed E-state index contributed by atoms with van der Waals surface area (Å²) in [7, 11) is 0. The molecular weight excluding hydrogens is 502 g/mol. The molecule has 0 radical (unpaired) electrons. The smallest absolute Gasteiger partial charge is 0.228 e. The fraction of sp³-hybridized carbons (Fsp3) is 0.267. The number of rotatable bonds is 6. The highest BCUT2D eigenvalue weighted by Crippen LogP contribution is 2.29. The van der Waals surface area contributed by atoms with E-state index < -0.39 is 0 Å². The normalized spacial score (nSPS) is 17.9. The first-order valence-corrected chi connectivity index (χ1v) is 13.1. The molecular formula is C30H28ClN3O4. The van der Waals surface area contributed by atoms with Crippen LogP contribution in [0.25, 0.3) is 0 Å². The summed E-state index contributed by atoms with van der Waals surface area (Å²) < 4.78 is 0. The molecule has 3 aromatic carbocycles. The molecule has 1 unspecified atom stereocenters. The number of nitrogens with zero attached hydrogens (tertiary/aromatic N) is 2. The molecule has 7 nitrogen and oxygen atoms in total. The van der Waals surface area contributed by atoms with Gasteiger partial charge in [-0.1, -0.05) is 60.1 Å². The minimum Gasteiger partial charge on any atom is -0.342 e. The van der Waals surface area contributed by atoms with Gasteiger partial charge in [0, 0.05) is 53.8 Å². The summed E-state index contributed by atoms with van der Waals surface area (Å²) in [4.78, 5) is 55.4. The van der Waals surface area contributed by atoms with Crippen LogP contribution in [-0.2, 0) is 14.4 Å². The fourth-order valence-electron chi connectivity index (χ4n) is 5.14. The van der Waals surface area contributed by atoms with Gasteiger partial charge in [0.25, 0.3) is 0 Å². The Morgan fingerprint density at radius 1 is 0.842 bits per heavy atom. The quantitative estimate of drug-likeness (QED) is 0.465. The molecule has 3 amide bonds. The summed E-state index contributed by atoms with van der Waals surface area (Å²) in [5.74, 6) is -1.17. The average molecular weight is 530 g/mol. The second-order valence-corrected chi connectivity index (χ2v) is 10.2. The molecule has 194 valence electrons. The van der Waals surface area contributed by atoms with Crippen LogP contribution in [0.5, 0.6) is 0 Å². The molecule has 8 heteroatoms. The van der Waals surface area contributed by atoms with E-state index in [1.165, 1.54) is 0 Å². The number of likely N-dealkylation sites (tertiary alicyclic amines) is 1. The third kappa shape index (κ3) is 5.48. The number of hydrogen-bond acceptors (Lipinski definition) is 4. The standard InChI is InChI=1S/C30H28ClN3O4/c31-23-11-12-26(25(18-23)28(36)20-7-3-1-4-8-20)32-29(37)21-13-15-33(16-14-21)30(38)22-17-27(35)34(19-22)24-9-5-2-6-10-24/h1-12,18,21-22H,13-17,19H2,(H,32,37). The lowest BCUT2D eigenvalue weighted by Gasteiger charge is -2.33. The van der Waals surface area contributed by atoms with Crippen molar-refractivity contribution in [2.75, 3.05) is 29.9 Å². The number of para-hydroxylation sites is 1. The number of hydrogen-bond donors (Lipinski definition) is 1. The van der Waals surface area contributed by atoms with Crippen molar-refractivity contribution in [2.24, 2.45) is 11.8 Å². The molecule has 2 saturated heterocycles. The van der Waals surface area contributed by atoms with E-state index in [2.05, 4.69) is 5.32 Å². The molecule has 2 heterocycles. The maximum absolute atomic E-state index is 13.2. The SMILES string of the molecule is O=C(c1ccccc1)c1cc(Cl)ccc1NC(=O)C1CCN(C(=O)C2CC(=O)N(c3ccccc3)C2)CC1. The molecule has 0 saturated carbocycles. The molecule has 1 atom stereocenters. The number of ketones is 1. The molecule has 2 aliphatic heterocycles. The summed E-state index contributed by atoms with van der Waals surface area (Å²) in [6, 6.07) is 23.1. The van der Waals surface area contributed by atoms with Crippen molar-refractivity contribution in [2.45, 2.75) is 19.3 Å².